The Balaban J connectivity index is 1.94. The van der Waals surface area contributed by atoms with Crippen LogP contribution in [0.1, 0.15) is 35.8 Å². The molecule has 1 aliphatic heterocycles. The van der Waals surface area contributed by atoms with Gasteiger partial charge < -0.3 is 9.84 Å². The molecule has 2 heterocycles. The summed E-state index contributed by atoms with van der Waals surface area (Å²) >= 11 is 0. The second kappa shape index (κ2) is 6.63. The number of aromatic nitrogens is 1. The lowest BCUT2D eigenvalue weighted by Crippen LogP contribution is -2.37. The first-order valence-corrected chi connectivity index (χ1v) is 6.72. The number of hydrogen-bond acceptors (Lipinski definition) is 4. The summed E-state index contributed by atoms with van der Waals surface area (Å²) in [7, 11) is 0. The number of pyridine rings is 1. The predicted molar refractivity (Wildman–Crippen MR) is 71.1 cm³/mol. The molecule has 0 amide bonds. The quantitative estimate of drug-likeness (QED) is 0.878. The van der Waals surface area contributed by atoms with Gasteiger partial charge in [0.15, 0.2) is 5.69 Å². The molecule has 0 aliphatic carbocycles. The van der Waals surface area contributed by atoms with Gasteiger partial charge in [0.05, 0.1) is 6.10 Å². The first-order chi connectivity index (χ1) is 9.20. The molecule has 0 aromatic carbocycles. The van der Waals surface area contributed by atoms with Gasteiger partial charge in [-0.15, -0.1) is 0 Å². The van der Waals surface area contributed by atoms with Crippen LogP contribution in [0.2, 0.25) is 0 Å². The van der Waals surface area contributed by atoms with Crippen LogP contribution in [0.4, 0.5) is 0 Å². The van der Waals surface area contributed by atoms with E-state index in [1.807, 2.05) is 13.0 Å². The standard InChI is InChI=1S/C14H20N2O3/c1-2-19-12-5-8-16(9-6-12)10-11-4-3-7-15-13(11)14(17)18/h3-4,7,12H,2,5-6,8-10H2,1H3,(H,17,18). The fraction of sp³-hybridized carbons (Fsp3) is 0.571. The lowest BCUT2D eigenvalue weighted by atomic mass is 10.1. The third-order valence-electron chi connectivity index (χ3n) is 3.42. The van der Waals surface area contributed by atoms with Crippen LogP contribution >= 0.6 is 0 Å². The molecule has 1 N–H and O–H groups in total. The zero-order valence-electron chi connectivity index (χ0n) is 11.2. The third kappa shape index (κ3) is 3.75. The second-order valence-corrected chi connectivity index (χ2v) is 4.75. The number of carbonyl (C=O) groups is 1. The third-order valence-corrected chi connectivity index (χ3v) is 3.42. The van der Waals surface area contributed by atoms with Crippen molar-refractivity contribution >= 4 is 5.97 Å². The van der Waals surface area contributed by atoms with Gasteiger partial charge in [0.25, 0.3) is 0 Å². The molecule has 104 valence electrons. The van der Waals surface area contributed by atoms with Crippen molar-refractivity contribution in [2.24, 2.45) is 0 Å². The summed E-state index contributed by atoms with van der Waals surface area (Å²) in [6.45, 7) is 5.31. The fourth-order valence-electron chi connectivity index (χ4n) is 2.47. The highest BCUT2D eigenvalue weighted by atomic mass is 16.5. The van der Waals surface area contributed by atoms with E-state index in [9.17, 15) is 4.79 Å². The van der Waals surface area contributed by atoms with E-state index >= 15 is 0 Å². The van der Waals surface area contributed by atoms with Crippen molar-refractivity contribution in [3.05, 3.63) is 29.6 Å². The molecule has 1 aromatic heterocycles. The highest BCUT2D eigenvalue weighted by Crippen LogP contribution is 2.17. The smallest absolute Gasteiger partial charge is 0.354 e. The maximum Gasteiger partial charge on any atom is 0.354 e. The van der Waals surface area contributed by atoms with E-state index in [-0.39, 0.29) is 5.69 Å². The average molecular weight is 264 g/mol. The van der Waals surface area contributed by atoms with Gasteiger partial charge in [-0.3, -0.25) is 4.90 Å². The van der Waals surface area contributed by atoms with Crippen LogP contribution in [-0.2, 0) is 11.3 Å². The molecule has 5 nitrogen and oxygen atoms in total. The summed E-state index contributed by atoms with van der Waals surface area (Å²) in [5.41, 5.74) is 0.944. The Morgan fingerprint density at radius 3 is 2.89 bits per heavy atom. The summed E-state index contributed by atoms with van der Waals surface area (Å²) in [6.07, 6.45) is 3.90. The van der Waals surface area contributed by atoms with Crippen molar-refractivity contribution in [2.75, 3.05) is 19.7 Å². The molecule has 0 spiro atoms. The van der Waals surface area contributed by atoms with Crippen LogP contribution in [0.15, 0.2) is 18.3 Å². The maximum absolute atomic E-state index is 11.1. The molecule has 0 bridgehead atoms. The number of likely N-dealkylation sites (tertiary alicyclic amines) is 1. The summed E-state index contributed by atoms with van der Waals surface area (Å²) in [4.78, 5) is 17.3. The Hall–Kier alpha value is -1.46. The van der Waals surface area contributed by atoms with Crippen LogP contribution in [0.3, 0.4) is 0 Å². The summed E-state index contributed by atoms with van der Waals surface area (Å²) < 4.78 is 5.61. The van der Waals surface area contributed by atoms with E-state index < -0.39 is 5.97 Å². The normalized spacial score (nSPS) is 17.5. The van der Waals surface area contributed by atoms with Crippen LogP contribution in [0, 0.1) is 0 Å². The number of carboxylic acids is 1. The molecule has 1 aromatic rings. The molecule has 19 heavy (non-hydrogen) atoms. The van der Waals surface area contributed by atoms with E-state index in [2.05, 4.69) is 9.88 Å². The van der Waals surface area contributed by atoms with Crippen molar-refractivity contribution in [1.29, 1.82) is 0 Å². The summed E-state index contributed by atoms with van der Waals surface area (Å²) in [5, 5.41) is 9.11. The monoisotopic (exact) mass is 264 g/mol. The van der Waals surface area contributed by atoms with Gasteiger partial charge in [0, 0.05) is 32.4 Å². The average Bonchev–Trinajstić information content (AvgIpc) is 2.42. The molecule has 1 aliphatic rings. The van der Waals surface area contributed by atoms with Gasteiger partial charge in [-0.1, -0.05) is 6.07 Å². The summed E-state index contributed by atoms with van der Waals surface area (Å²) in [6, 6.07) is 3.62. The number of nitrogens with zero attached hydrogens (tertiary/aromatic N) is 2. The van der Waals surface area contributed by atoms with E-state index in [1.54, 1.807) is 6.07 Å². The zero-order valence-corrected chi connectivity index (χ0v) is 11.2. The minimum Gasteiger partial charge on any atom is -0.477 e. The minimum absolute atomic E-state index is 0.162. The highest BCUT2D eigenvalue weighted by molar-refractivity contribution is 5.86. The first-order valence-electron chi connectivity index (χ1n) is 6.72. The molecule has 5 heteroatoms. The largest absolute Gasteiger partial charge is 0.477 e. The fourth-order valence-corrected chi connectivity index (χ4v) is 2.47. The lowest BCUT2D eigenvalue weighted by Gasteiger charge is -2.31. The molecule has 0 radical (unpaired) electrons. The van der Waals surface area contributed by atoms with Crippen molar-refractivity contribution in [2.45, 2.75) is 32.4 Å². The molecule has 1 saturated heterocycles. The van der Waals surface area contributed by atoms with E-state index in [0.29, 0.717) is 12.6 Å². The summed E-state index contributed by atoms with van der Waals surface area (Å²) in [5.74, 6) is -0.959. The number of ether oxygens (including phenoxy) is 1. The molecule has 2 rings (SSSR count). The molecule has 0 saturated carbocycles. The van der Waals surface area contributed by atoms with Crippen molar-refractivity contribution in [1.82, 2.24) is 9.88 Å². The van der Waals surface area contributed by atoms with E-state index in [4.69, 9.17) is 9.84 Å². The van der Waals surface area contributed by atoms with Crippen molar-refractivity contribution < 1.29 is 14.6 Å². The number of piperidine rings is 1. The van der Waals surface area contributed by atoms with Gasteiger partial charge in [-0.25, -0.2) is 9.78 Å². The SMILES string of the molecule is CCOC1CCN(Cc2cccnc2C(=O)O)CC1. The van der Waals surface area contributed by atoms with E-state index in [0.717, 1.165) is 38.1 Å². The number of rotatable bonds is 5. The second-order valence-electron chi connectivity index (χ2n) is 4.75. The topological polar surface area (TPSA) is 62.7 Å². The molecular weight excluding hydrogens is 244 g/mol. The Morgan fingerprint density at radius 2 is 2.26 bits per heavy atom. The lowest BCUT2D eigenvalue weighted by molar-refractivity contribution is 0.0124. The van der Waals surface area contributed by atoms with Crippen molar-refractivity contribution in [3.8, 4) is 0 Å². The molecule has 0 unspecified atom stereocenters. The Morgan fingerprint density at radius 1 is 1.53 bits per heavy atom. The van der Waals surface area contributed by atoms with Crippen LogP contribution in [0.5, 0.6) is 0 Å². The van der Waals surface area contributed by atoms with Crippen LogP contribution in [0.25, 0.3) is 0 Å². The molecule has 0 atom stereocenters. The minimum atomic E-state index is -0.959. The van der Waals surface area contributed by atoms with Gasteiger partial charge in [0.1, 0.15) is 0 Å². The number of hydrogen-bond donors (Lipinski definition) is 1. The zero-order chi connectivity index (χ0) is 13.7. The molecule has 1 fully saturated rings. The van der Waals surface area contributed by atoms with Gasteiger partial charge >= 0.3 is 5.97 Å². The number of carboxylic acid groups (broad SMARTS) is 1. The first kappa shape index (κ1) is 14.0. The van der Waals surface area contributed by atoms with E-state index in [1.165, 1.54) is 6.20 Å². The Bertz CT molecular complexity index is 428. The van der Waals surface area contributed by atoms with Gasteiger partial charge in [-0.05, 0) is 31.4 Å². The number of aromatic carboxylic acids is 1. The van der Waals surface area contributed by atoms with Gasteiger partial charge in [0.2, 0.25) is 0 Å². The highest BCUT2D eigenvalue weighted by Gasteiger charge is 2.21. The van der Waals surface area contributed by atoms with Crippen LogP contribution in [-0.4, -0.2) is 46.8 Å². The van der Waals surface area contributed by atoms with Crippen molar-refractivity contribution in [3.63, 3.8) is 0 Å². The predicted octanol–water partition coefficient (Wildman–Crippen LogP) is 1.78. The molecular formula is C14H20N2O3. The van der Waals surface area contributed by atoms with Gasteiger partial charge in [-0.2, -0.15) is 0 Å². The van der Waals surface area contributed by atoms with Crippen LogP contribution < -0.4 is 0 Å². The Labute approximate surface area is 113 Å². The maximum atomic E-state index is 11.1. The Kier molecular flexibility index (Phi) is 4.87.